The average Bonchev–Trinajstić information content (AvgIpc) is 2.88. The molecule has 182 valence electrons. The monoisotopic (exact) mass is 484 g/mol. The molecule has 2 aliphatic rings. The molecule has 2 fully saturated rings. The van der Waals surface area contributed by atoms with E-state index in [1.807, 2.05) is 24.1 Å². The molecule has 1 N–H and O–H groups in total. The number of sulfonamides is 1. The minimum Gasteiger partial charge on any atom is -0.348 e. The molecule has 0 aliphatic carbocycles. The number of rotatable bonds is 6. The number of carbonyl (C=O) groups excluding carboxylic acids is 2. The van der Waals surface area contributed by atoms with Gasteiger partial charge in [0.15, 0.2) is 0 Å². The molecule has 0 spiro atoms. The van der Waals surface area contributed by atoms with E-state index < -0.39 is 10.0 Å². The van der Waals surface area contributed by atoms with Crippen LogP contribution in [0, 0.1) is 0 Å². The summed E-state index contributed by atoms with van der Waals surface area (Å²) in [6.07, 6.45) is 3.27. The third kappa shape index (κ3) is 5.65. The van der Waals surface area contributed by atoms with E-state index in [4.69, 9.17) is 0 Å². The molecule has 0 unspecified atom stereocenters. The van der Waals surface area contributed by atoms with Gasteiger partial charge in [-0.1, -0.05) is 18.2 Å². The lowest BCUT2D eigenvalue weighted by Gasteiger charge is -2.31. The molecule has 9 heteroatoms. The fourth-order valence-corrected chi connectivity index (χ4v) is 5.77. The van der Waals surface area contributed by atoms with Gasteiger partial charge in [-0.05, 0) is 62.2 Å². The Morgan fingerprint density at radius 1 is 0.853 bits per heavy atom. The predicted molar refractivity (Wildman–Crippen MR) is 130 cm³/mol. The number of hydrogen-bond acceptors (Lipinski definition) is 5. The maximum Gasteiger partial charge on any atom is 0.253 e. The van der Waals surface area contributed by atoms with Crippen LogP contribution in [0.1, 0.15) is 45.5 Å². The summed E-state index contributed by atoms with van der Waals surface area (Å²) in [5.41, 5.74) is 1.82. The molecular formula is C25H32N4O4S. The Balaban J connectivity index is 1.36. The van der Waals surface area contributed by atoms with Crippen LogP contribution in [-0.2, 0) is 16.6 Å². The summed E-state index contributed by atoms with van der Waals surface area (Å²) in [5.74, 6) is -0.294. The van der Waals surface area contributed by atoms with Crippen LogP contribution in [0.2, 0.25) is 0 Å². The summed E-state index contributed by atoms with van der Waals surface area (Å²) in [5, 5.41) is 2.84. The summed E-state index contributed by atoms with van der Waals surface area (Å²) in [7, 11) is -1.67. The molecule has 2 aromatic rings. The van der Waals surface area contributed by atoms with Crippen molar-refractivity contribution in [1.29, 1.82) is 0 Å². The van der Waals surface area contributed by atoms with Gasteiger partial charge in [-0.15, -0.1) is 0 Å². The van der Waals surface area contributed by atoms with E-state index >= 15 is 0 Å². The third-order valence-electron chi connectivity index (χ3n) is 6.49. The van der Waals surface area contributed by atoms with E-state index in [-0.39, 0.29) is 23.3 Å². The van der Waals surface area contributed by atoms with E-state index in [9.17, 15) is 18.0 Å². The molecule has 4 rings (SSSR count). The highest BCUT2D eigenvalue weighted by Gasteiger charge is 2.28. The average molecular weight is 485 g/mol. The van der Waals surface area contributed by atoms with E-state index in [1.165, 1.54) is 22.9 Å². The maximum absolute atomic E-state index is 13.0. The van der Waals surface area contributed by atoms with Crippen LogP contribution in [0.4, 0.5) is 0 Å². The fraction of sp³-hybridized carbons (Fsp3) is 0.440. The summed E-state index contributed by atoms with van der Waals surface area (Å²) in [6.45, 7) is 4.13. The Hall–Kier alpha value is -2.75. The Morgan fingerprint density at radius 2 is 1.53 bits per heavy atom. The first kappa shape index (κ1) is 24.4. The van der Waals surface area contributed by atoms with E-state index in [1.54, 1.807) is 24.3 Å². The molecule has 2 aromatic carbocycles. The number of amides is 2. The molecular weight excluding hydrogens is 452 g/mol. The number of nitrogens with one attached hydrogen (secondary N) is 1. The first-order valence-electron chi connectivity index (χ1n) is 11.8. The Bertz CT molecular complexity index is 1120. The Morgan fingerprint density at radius 3 is 2.21 bits per heavy atom. The van der Waals surface area contributed by atoms with Crippen LogP contribution in [0.15, 0.2) is 53.4 Å². The van der Waals surface area contributed by atoms with Gasteiger partial charge >= 0.3 is 0 Å². The predicted octanol–water partition coefficient (Wildman–Crippen LogP) is 2.18. The number of likely N-dealkylation sites (tertiary alicyclic amines) is 1. The van der Waals surface area contributed by atoms with Crippen molar-refractivity contribution in [2.24, 2.45) is 0 Å². The van der Waals surface area contributed by atoms with Gasteiger partial charge in [-0.3, -0.25) is 9.59 Å². The van der Waals surface area contributed by atoms with Crippen LogP contribution >= 0.6 is 0 Å². The Kier molecular flexibility index (Phi) is 7.65. The lowest BCUT2D eigenvalue weighted by atomic mass is 10.1. The third-order valence-corrected chi connectivity index (χ3v) is 8.39. The van der Waals surface area contributed by atoms with Crippen molar-refractivity contribution < 1.29 is 18.0 Å². The van der Waals surface area contributed by atoms with Gasteiger partial charge in [0.25, 0.3) is 11.8 Å². The molecule has 0 atom stereocenters. The van der Waals surface area contributed by atoms with E-state index in [0.717, 1.165) is 31.5 Å². The molecule has 2 aliphatic heterocycles. The summed E-state index contributed by atoms with van der Waals surface area (Å²) in [4.78, 5) is 29.4. The van der Waals surface area contributed by atoms with Gasteiger partial charge < -0.3 is 15.1 Å². The number of benzene rings is 2. The van der Waals surface area contributed by atoms with Crippen LogP contribution in [0.3, 0.4) is 0 Å². The number of piperazine rings is 1. The van der Waals surface area contributed by atoms with Crippen molar-refractivity contribution in [3.63, 3.8) is 0 Å². The second kappa shape index (κ2) is 10.7. The molecule has 0 bridgehead atoms. The maximum atomic E-state index is 13.0. The van der Waals surface area contributed by atoms with Gasteiger partial charge in [0, 0.05) is 56.9 Å². The van der Waals surface area contributed by atoms with Crippen molar-refractivity contribution >= 4 is 21.8 Å². The molecule has 8 nitrogen and oxygen atoms in total. The van der Waals surface area contributed by atoms with Crippen LogP contribution in [-0.4, -0.2) is 80.7 Å². The molecule has 2 amide bonds. The highest BCUT2D eigenvalue weighted by atomic mass is 32.2. The molecule has 0 aromatic heterocycles. The van der Waals surface area contributed by atoms with Crippen LogP contribution in [0.25, 0.3) is 0 Å². The summed E-state index contributed by atoms with van der Waals surface area (Å²) >= 11 is 0. The van der Waals surface area contributed by atoms with Crippen molar-refractivity contribution in [2.45, 2.75) is 30.7 Å². The van der Waals surface area contributed by atoms with Gasteiger partial charge in [0.05, 0.1) is 4.90 Å². The van der Waals surface area contributed by atoms with Gasteiger partial charge in [-0.2, -0.15) is 4.31 Å². The van der Waals surface area contributed by atoms with Gasteiger partial charge in [0.1, 0.15) is 0 Å². The first-order chi connectivity index (χ1) is 16.3. The summed E-state index contributed by atoms with van der Waals surface area (Å²) < 4.78 is 27.5. The standard InChI is InChI=1S/C25H32N4O4S/c1-27-14-16-29(17-15-27)34(32,33)23-7-5-6-22(18-23)24(30)26-19-20-8-10-21(11-9-20)25(31)28-12-3-2-4-13-28/h5-11,18H,2-4,12-17,19H2,1H3,(H,26,30). The largest absolute Gasteiger partial charge is 0.348 e. The lowest BCUT2D eigenvalue weighted by molar-refractivity contribution is 0.0724. The second-order valence-electron chi connectivity index (χ2n) is 8.97. The number of likely N-dealkylation sites (N-methyl/N-ethyl adjacent to an activating group) is 1. The number of carbonyl (C=O) groups is 2. The molecule has 2 saturated heterocycles. The van der Waals surface area contributed by atoms with Crippen molar-refractivity contribution in [2.75, 3.05) is 46.3 Å². The minimum absolute atomic E-state index is 0.0497. The number of piperidine rings is 1. The number of hydrogen-bond donors (Lipinski definition) is 1. The summed E-state index contributed by atoms with van der Waals surface area (Å²) in [6, 6.07) is 13.4. The highest BCUT2D eigenvalue weighted by molar-refractivity contribution is 7.89. The van der Waals surface area contributed by atoms with Gasteiger partial charge in [-0.25, -0.2) is 8.42 Å². The second-order valence-corrected chi connectivity index (χ2v) is 10.9. The van der Waals surface area contributed by atoms with E-state index in [0.29, 0.717) is 37.3 Å². The normalized spacial score (nSPS) is 18.0. The zero-order valence-corrected chi connectivity index (χ0v) is 20.4. The van der Waals surface area contributed by atoms with Crippen molar-refractivity contribution in [3.8, 4) is 0 Å². The topological polar surface area (TPSA) is 90.0 Å². The number of nitrogens with zero attached hydrogens (tertiary/aromatic N) is 3. The zero-order valence-electron chi connectivity index (χ0n) is 19.6. The first-order valence-corrected chi connectivity index (χ1v) is 13.2. The molecule has 34 heavy (non-hydrogen) atoms. The molecule has 2 heterocycles. The highest BCUT2D eigenvalue weighted by Crippen LogP contribution is 2.19. The molecule has 0 saturated carbocycles. The van der Waals surface area contributed by atoms with Crippen LogP contribution in [0.5, 0.6) is 0 Å². The molecule has 0 radical (unpaired) electrons. The SMILES string of the molecule is CN1CCN(S(=O)(=O)c2cccc(C(=O)NCc3ccc(C(=O)N4CCCCC4)cc3)c2)CC1. The van der Waals surface area contributed by atoms with E-state index in [2.05, 4.69) is 10.2 Å². The lowest BCUT2D eigenvalue weighted by Crippen LogP contribution is -2.47. The fourth-order valence-electron chi connectivity index (χ4n) is 4.30. The van der Waals surface area contributed by atoms with Crippen molar-refractivity contribution in [1.82, 2.24) is 19.4 Å². The minimum atomic E-state index is -3.64. The quantitative estimate of drug-likeness (QED) is 0.679. The smallest absolute Gasteiger partial charge is 0.253 e. The van der Waals surface area contributed by atoms with Crippen molar-refractivity contribution in [3.05, 3.63) is 65.2 Å². The Labute approximate surface area is 201 Å². The zero-order chi connectivity index (χ0) is 24.1. The van der Waals surface area contributed by atoms with Gasteiger partial charge in [0.2, 0.25) is 10.0 Å². The van der Waals surface area contributed by atoms with Crippen LogP contribution < -0.4 is 5.32 Å².